The van der Waals surface area contributed by atoms with Crippen molar-refractivity contribution in [2.24, 2.45) is 7.05 Å². The van der Waals surface area contributed by atoms with E-state index in [0.29, 0.717) is 0 Å². The van der Waals surface area contributed by atoms with Gasteiger partial charge in [-0.3, -0.25) is 4.68 Å². The number of nitrogens with zero attached hydrogens (tertiary/aromatic N) is 2. The van der Waals surface area contributed by atoms with Gasteiger partial charge in [-0.1, -0.05) is 12.1 Å². The van der Waals surface area contributed by atoms with Gasteiger partial charge in [0.2, 0.25) is 0 Å². The number of anilines is 1. The first-order valence-electron chi connectivity index (χ1n) is 6.27. The van der Waals surface area contributed by atoms with E-state index in [2.05, 4.69) is 15.2 Å². The number of alkyl halides is 2. The van der Waals surface area contributed by atoms with Crippen molar-refractivity contribution < 1.29 is 13.5 Å². The fourth-order valence-electron chi connectivity index (χ4n) is 2.00. The Morgan fingerprint density at radius 2 is 1.90 bits per heavy atom. The molecule has 4 nitrogen and oxygen atoms in total. The van der Waals surface area contributed by atoms with Crippen molar-refractivity contribution in [3.05, 3.63) is 41.7 Å². The van der Waals surface area contributed by atoms with Gasteiger partial charge in [-0.25, -0.2) is 0 Å². The molecule has 1 unspecified atom stereocenters. The van der Waals surface area contributed by atoms with Crippen LogP contribution < -0.4 is 10.1 Å². The maximum atomic E-state index is 12.1. The summed E-state index contributed by atoms with van der Waals surface area (Å²) in [6.45, 7) is 1.12. The highest BCUT2D eigenvalue weighted by Crippen LogP contribution is 2.23. The van der Waals surface area contributed by atoms with Crippen LogP contribution in [0.4, 0.5) is 14.5 Å². The van der Waals surface area contributed by atoms with Crippen molar-refractivity contribution in [2.75, 3.05) is 5.32 Å². The van der Waals surface area contributed by atoms with E-state index >= 15 is 0 Å². The van der Waals surface area contributed by atoms with Crippen LogP contribution in [0.2, 0.25) is 0 Å². The normalized spacial score (nSPS) is 12.5. The van der Waals surface area contributed by atoms with Gasteiger partial charge in [-0.2, -0.15) is 13.9 Å². The quantitative estimate of drug-likeness (QED) is 0.911. The minimum atomic E-state index is -2.80. The molecule has 6 heteroatoms. The van der Waals surface area contributed by atoms with Crippen LogP contribution in [0.25, 0.3) is 0 Å². The van der Waals surface area contributed by atoms with E-state index in [1.807, 2.05) is 27.1 Å². The smallest absolute Gasteiger partial charge is 0.387 e. The van der Waals surface area contributed by atoms with Crippen LogP contribution in [0, 0.1) is 6.92 Å². The summed E-state index contributed by atoms with van der Waals surface area (Å²) in [6, 6.07) is 6.65. The molecule has 1 aromatic heterocycles. The monoisotopic (exact) mass is 281 g/mol. The fraction of sp³-hybridized carbons (Fsp3) is 0.357. The average Bonchev–Trinajstić information content (AvgIpc) is 2.68. The van der Waals surface area contributed by atoms with Crippen LogP contribution in [0.1, 0.15) is 24.2 Å². The molecule has 108 valence electrons. The number of hydrogen-bond acceptors (Lipinski definition) is 3. The van der Waals surface area contributed by atoms with E-state index < -0.39 is 6.61 Å². The molecule has 2 rings (SSSR count). The molecule has 1 atom stereocenters. The molecule has 1 heterocycles. The number of ether oxygens (including phenoxy) is 1. The molecule has 0 saturated heterocycles. The van der Waals surface area contributed by atoms with Gasteiger partial charge >= 0.3 is 6.61 Å². The Labute approximate surface area is 116 Å². The molecule has 0 aliphatic carbocycles. The topological polar surface area (TPSA) is 39.1 Å². The summed E-state index contributed by atoms with van der Waals surface area (Å²) in [5.74, 6) is 0.161. The third-order valence-corrected chi connectivity index (χ3v) is 2.99. The number of halogens is 2. The molecule has 0 radical (unpaired) electrons. The lowest BCUT2D eigenvalue weighted by Gasteiger charge is -2.15. The highest BCUT2D eigenvalue weighted by Gasteiger charge is 2.10. The van der Waals surface area contributed by atoms with E-state index in [9.17, 15) is 8.78 Å². The number of aromatic nitrogens is 2. The Morgan fingerprint density at radius 3 is 2.40 bits per heavy atom. The van der Waals surface area contributed by atoms with Gasteiger partial charge in [0, 0.05) is 19.3 Å². The van der Waals surface area contributed by atoms with E-state index in [1.54, 1.807) is 16.8 Å². The Morgan fingerprint density at radius 1 is 1.25 bits per heavy atom. The lowest BCUT2D eigenvalue weighted by molar-refractivity contribution is -0.0498. The molecule has 0 bridgehead atoms. The molecule has 20 heavy (non-hydrogen) atoms. The maximum absolute atomic E-state index is 12.1. The van der Waals surface area contributed by atoms with Crippen molar-refractivity contribution in [2.45, 2.75) is 26.5 Å². The highest BCUT2D eigenvalue weighted by molar-refractivity contribution is 5.47. The maximum Gasteiger partial charge on any atom is 0.387 e. The number of aryl methyl sites for hydroxylation is 2. The average molecular weight is 281 g/mol. The molecule has 0 spiro atoms. The molecule has 0 fully saturated rings. The van der Waals surface area contributed by atoms with Crippen LogP contribution in [-0.4, -0.2) is 16.4 Å². The molecule has 1 aromatic carbocycles. The van der Waals surface area contributed by atoms with Gasteiger partial charge in [0.25, 0.3) is 0 Å². The Kier molecular flexibility index (Phi) is 4.22. The van der Waals surface area contributed by atoms with Gasteiger partial charge in [0.05, 0.1) is 11.4 Å². The summed E-state index contributed by atoms with van der Waals surface area (Å²) in [7, 11) is 1.86. The molecule has 0 aliphatic heterocycles. The van der Waals surface area contributed by atoms with Crippen LogP contribution in [-0.2, 0) is 7.05 Å². The molecular formula is C14H17F2N3O. The molecule has 1 N–H and O–H groups in total. The number of rotatable bonds is 5. The molecule has 2 aromatic rings. The highest BCUT2D eigenvalue weighted by atomic mass is 19.3. The van der Waals surface area contributed by atoms with Gasteiger partial charge < -0.3 is 10.1 Å². The number of hydrogen-bond donors (Lipinski definition) is 1. The lowest BCUT2D eigenvalue weighted by Crippen LogP contribution is -2.07. The van der Waals surface area contributed by atoms with E-state index in [-0.39, 0.29) is 11.8 Å². The predicted molar refractivity (Wildman–Crippen MR) is 73.1 cm³/mol. The second kappa shape index (κ2) is 5.90. The summed E-state index contributed by atoms with van der Waals surface area (Å²) in [4.78, 5) is 0. The van der Waals surface area contributed by atoms with E-state index in [0.717, 1.165) is 16.9 Å². The van der Waals surface area contributed by atoms with Crippen molar-refractivity contribution in [1.82, 2.24) is 9.78 Å². The number of benzene rings is 1. The van der Waals surface area contributed by atoms with Crippen LogP contribution in [0.5, 0.6) is 5.75 Å². The van der Waals surface area contributed by atoms with E-state index in [1.165, 1.54) is 12.1 Å². The second-order valence-electron chi connectivity index (χ2n) is 4.62. The Balaban J connectivity index is 2.05. The molecule has 0 aliphatic rings. The second-order valence-corrected chi connectivity index (χ2v) is 4.62. The predicted octanol–water partition coefficient (Wildman–Crippen LogP) is 3.50. The van der Waals surface area contributed by atoms with Crippen molar-refractivity contribution in [3.8, 4) is 5.75 Å². The van der Waals surface area contributed by atoms with E-state index in [4.69, 9.17) is 0 Å². The SMILES string of the molecule is Cc1nn(C)cc1NC(C)c1ccc(OC(F)F)cc1. The summed E-state index contributed by atoms with van der Waals surface area (Å²) in [6.07, 6.45) is 1.90. The minimum Gasteiger partial charge on any atom is -0.435 e. The molecule has 0 saturated carbocycles. The van der Waals surface area contributed by atoms with Crippen LogP contribution in [0.3, 0.4) is 0 Å². The zero-order chi connectivity index (χ0) is 14.7. The fourth-order valence-corrected chi connectivity index (χ4v) is 2.00. The van der Waals surface area contributed by atoms with Crippen molar-refractivity contribution in [3.63, 3.8) is 0 Å². The zero-order valence-corrected chi connectivity index (χ0v) is 11.6. The third kappa shape index (κ3) is 3.46. The minimum absolute atomic E-state index is 0.0403. The zero-order valence-electron chi connectivity index (χ0n) is 11.6. The molecule has 0 amide bonds. The first kappa shape index (κ1) is 14.3. The van der Waals surface area contributed by atoms with Crippen molar-refractivity contribution in [1.29, 1.82) is 0 Å². The van der Waals surface area contributed by atoms with Gasteiger partial charge in [0.15, 0.2) is 0 Å². The van der Waals surface area contributed by atoms with Crippen LogP contribution in [0.15, 0.2) is 30.5 Å². The first-order valence-corrected chi connectivity index (χ1v) is 6.27. The standard InChI is InChI=1S/C14H17F2N3O/c1-9(17-13-8-19(3)18-10(13)2)11-4-6-12(7-5-11)20-14(15)16/h4-9,14,17H,1-3H3. The van der Waals surface area contributed by atoms with Gasteiger partial charge in [-0.05, 0) is 31.5 Å². The lowest BCUT2D eigenvalue weighted by atomic mass is 10.1. The third-order valence-electron chi connectivity index (χ3n) is 2.99. The Hall–Kier alpha value is -2.11. The largest absolute Gasteiger partial charge is 0.435 e. The molecular weight excluding hydrogens is 264 g/mol. The number of nitrogens with one attached hydrogen (secondary N) is 1. The first-order chi connectivity index (χ1) is 9.45. The van der Waals surface area contributed by atoms with Gasteiger partial charge in [-0.15, -0.1) is 0 Å². The summed E-state index contributed by atoms with van der Waals surface area (Å²) in [5.41, 5.74) is 2.85. The van der Waals surface area contributed by atoms with Gasteiger partial charge in [0.1, 0.15) is 5.75 Å². The summed E-state index contributed by atoms with van der Waals surface area (Å²) < 4.78 is 30.2. The summed E-state index contributed by atoms with van der Waals surface area (Å²) >= 11 is 0. The Bertz CT molecular complexity index is 566. The van der Waals surface area contributed by atoms with Crippen LogP contribution >= 0.6 is 0 Å². The van der Waals surface area contributed by atoms with Crippen molar-refractivity contribution >= 4 is 5.69 Å². The summed E-state index contributed by atoms with van der Waals surface area (Å²) in [5, 5.41) is 7.59.